The molecular formula is C9H18N2O2S. The normalized spacial score (nSPS) is 27.7. The van der Waals surface area contributed by atoms with Gasteiger partial charge in [0.25, 0.3) is 0 Å². The molecule has 14 heavy (non-hydrogen) atoms. The van der Waals surface area contributed by atoms with Gasteiger partial charge in [-0.2, -0.15) is 4.31 Å². The summed E-state index contributed by atoms with van der Waals surface area (Å²) in [5.74, 6) is 0.570. The molecule has 1 saturated carbocycles. The first-order valence-electron chi connectivity index (χ1n) is 5.14. The number of nitrogens with zero attached hydrogens (tertiary/aromatic N) is 1. The van der Waals surface area contributed by atoms with Gasteiger partial charge in [-0.05, 0) is 32.6 Å². The summed E-state index contributed by atoms with van der Waals surface area (Å²) in [4.78, 5) is 0. The van der Waals surface area contributed by atoms with Crippen LogP contribution in [0.15, 0.2) is 0 Å². The Morgan fingerprint density at radius 2 is 1.86 bits per heavy atom. The highest BCUT2D eigenvalue weighted by molar-refractivity contribution is 7.89. The molecule has 1 aliphatic carbocycles. The number of sulfonamides is 1. The number of nitrogens with two attached hydrogens (primary N) is 1. The van der Waals surface area contributed by atoms with Crippen molar-refractivity contribution in [1.82, 2.24) is 4.31 Å². The lowest BCUT2D eigenvalue weighted by atomic mass is 9.88. The van der Waals surface area contributed by atoms with E-state index in [1.807, 2.05) is 0 Å². The predicted molar refractivity (Wildman–Crippen MR) is 55.3 cm³/mol. The molecule has 0 bridgehead atoms. The van der Waals surface area contributed by atoms with Gasteiger partial charge in [0.2, 0.25) is 10.0 Å². The minimum Gasteiger partial charge on any atom is -0.323 e. The van der Waals surface area contributed by atoms with Crippen LogP contribution in [0.25, 0.3) is 0 Å². The van der Waals surface area contributed by atoms with Crippen LogP contribution in [0.4, 0.5) is 0 Å². The Hall–Kier alpha value is -0.130. The van der Waals surface area contributed by atoms with E-state index in [9.17, 15) is 8.42 Å². The molecule has 0 unspecified atom stereocenters. The summed E-state index contributed by atoms with van der Waals surface area (Å²) in [6.45, 7) is 4.47. The first-order chi connectivity index (χ1) is 6.36. The summed E-state index contributed by atoms with van der Waals surface area (Å²) in [6.07, 6.45) is 2.35. The zero-order valence-electron chi connectivity index (χ0n) is 8.73. The van der Waals surface area contributed by atoms with Crippen LogP contribution >= 0.6 is 0 Å². The largest absolute Gasteiger partial charge is 0.323 e. The fraction of sp³-hybridized carbons (Fsp3) is 1.00. The molecule has 2 fully saturated rings. The summed E-state index contributed by atoms with van der Waals surface area (Å²) in [5.41, 5.74) is 5.88. The molecule has 0 spiro atoms. The minimum absolute atomic E-state index is 0.206. The molecule has 5 heteroatoms. The Morgan fingerprint density at radius 1 is 1.36 bits per heavy atom. The highest BCUT2D eigenvalue weighted by Crippen LogP contribution is 2.43. The lowest BCUT2D eigenvalue weighted by molar-refractivity contribution is 0.134. The second-order valence-electron chi connectivity index (χ2n) is 4.87. The van der Waals surface area contributed by atoms with Gasteiger partial charge in [0.05, 0.1) is 5.25 Å². The van der Waals surface area contributed by atoms with Crippen molar-refractivity contribution in [3.63, 3.8) is 0 Å². The zero-order chi connectivity index (χ0) is 10.6. The maximum Gasteiger partial charge on any atom is 0.216 e. The number of rotatable bonds is 3. The van der Waals surface area contributed by atoms with E-state index in [4.69, 9.17) is 5.73 Å². The topological polar surface area (TPSA) is 63.4 Å². The predicted octanol–water partition coefficient (Wildman–Crippen LogP) is 0.148. The quantitative estimate of drug-likeness (QED) is 0.733. The van der Waals surface area contributed by atoms with E-state index in [2.05, 4.69) is 0 Å². The summed E-state index contributed by atoms with van der Waals surface area (Å²) < 4.78 is 25.0. The molecule has 0 atom stereocenters. The Balaban J connectivity index is 2.00. The van der Waals surface area contributed by atoms with Crippen molar-refractivity contribution in [1.29, 1.82) is 0 Å². The Bertz CT molecular complexity index is 327. The molecule has 2 rings (SSSR count). The van der Waals surface area contributed by atoms with Crippen molar-refractivity contribution in [2.24, 2.45) is 11.7 Å². The molecule has 1 heterocycles. The fourth-order valence-electron chi connectivity index (χ4n) is 2.00. The number of hydrogen-bond acceptors (Lipinski definition) is 3. The van der Waals surface area contributed by atoms with Gasteiger partial charge in [-0.3, -0.25) is 0 Å². The van der Waals surface area contributed by atoms with Crippen LogP contribution in [0, 0.1) is 5.92 Å². The van der Waals surface area contributed by atoms with Crippen LogP contribution in [0.1, 0.15) is 26.7 Å². The molecule has 82 valence electrons. The standard InChI is InChI=1S/C9H18N2O2S/c1-7(2)14(12,13)11-5-9(10,6-11)8-3-4-8/h7-8H,3-6,10H2,1-2H3. The third-order valence-electron chi connectivity index (χ3n) is 3.29. The molecule has 0 aromatic carbocycles. The van der Waals surface area contributed by atoms with E-state index in [0.29, 0.717) is 19.0 Å². The zero-order valence-corrected chi connectivity index (χ0v) is 9.55. The molecule has 4 nitrogen and oxygen atoms in total. The van der Waals surface area contributed by atoms with E-state index in [1.54, 1.807) is 13.8 Å². The summed E-state index contributed by atoms with van der Waals surface area (Å²) >= 11 is 0. The van der Waals surface area contributed by atoms with Crippen LogP contribution in [-0.2, 0) is 10.0 Å². The Kier molecular flexibility index (Phi) is 2.18. The summed E-state index contributed by atoms with van der Waals surface area (Å²) in [7, 11) is -3.06. The molecule has 0 aromatic rings. The second kappa shape index (κ2) is 2.93. The Labute approximate surface area is 85.5 Å². The molecule has 2 N–H and O–H groups in total. The van der Waals surface area contributed by atoms with Gasteiger partial charge in [0.15, 0.2) is 0 Å². The van der Waals surface area contributed by atoms with Crippen molar-refractivity contribution in [3.8, 4) is 0 Å². The third kappa shape index (κ3) is 1.47. The molecule has 1 aliphatic heterocycles. The lowest BCUT2D eigenvalue weighted by Gasteiger charge is -2.47. The smallest absolute Gasteiger partial charge is 0.216 e. The molecule has 1 saturated heterocycles. The van der Waals surface area contributed by atoms with Crippen LogP contribution < -0.4 is 5.73 Å². The van der Waals surface area contributed by atoms with E-state index >= 15 is 0 Å². The second-order valence-corrected chi connectivity index (χ2v) is 7.36. The first-order valence-corrected chi connectivity index (χ1v) is 6.64. The minimum atomic E-state index is -3.06. The average Bonchev–Trinajstić information content (AvgIpc) is 2.80. The monoisotopic (exact) mass is 218 g/mol. The SMILES string of the molecule is CC(C)S(=O)(=O)N1CC(N)(C2CC2)C1. The van der Waals surface area contributed by atoms with Crippen LogP contribution in [0.3, 0.4) is 0 Å². The third-order valence-corrected chi connectivity index (χ3v) is 5.46. The average molecular weight is 218 g/mol. The van der Waals surface area contributed by atoms with Gasteiger partial charge in [-0.15, -0.1) is 0 Å². The van der Waals surface area contributed by atoms with Crippen LogP contribution in [0.2, 0.25) is 0 Å². The van der Waals surface area contributed by atoms with Crippen molar-refractivity contribution in [3.05, 3.63) is 0 Å². The van der Waals surface area contributed by atoms with Gasteiger partial charge >= 0.3 is 0 Å². The van der Waals surface area contributed by atoms with E-state index in [1.165, 1.54) is 17.1 Å². The van der Waals surface area contributed by atoms with Gasteiger partial charge in [0, 0.05) is 18.6 Å². The van der Waals surface area contributed by atoms with Crippen molar-refractivity contribution in [2.75, 3.05) is 13.1 Å². The number of hydrogen-bond donors (Lipinski definition) is 1. The van der Waals surface area contributed by atoms with Crippen molar-refractivity contribution >= 4 is 10.0 Å². The summed E-state index contributed by atoms with van der Waals surface area (Å²) in [6, 6.07) is 0. The molecular weight excluding hydrogens is 200 g/mol. The maximum atomic E-state index is 11.7. The van der Waals surface area contributed by atoms with E-state index in [0.717, 1.165) is 0 Å². The fourth-order valence-corrected chi connectivity index (χ4v) is 3.44. The van der Waals surface area contributed by atoms with Crippen molar-refractivity contribution < 1.29 is 8.42 Å². The van der Waals surface area contributed by atoms with Crippen LogP contribution in [-0.4, -0.2) is 36.6 Å². The Morgan fingerprint density at radius 3 is 2.21 bits per heavy atom. The summed E-state index contributed by atoms with van der Waals surface area (Å²) in [5, 5.41) is -0.328. The first kappa shape index (κ1) is 10.4. The van der Waals surface area contributed by atoms with Gasteiger partial charge < -0.3 is 5.73 Å². The van der Waals surface area contributed by atoms with E-state index < -0.39 is 10.0 Å². The van der Waals surface area contributed by atoms with Gasteiger partial charge in [-0.25, -0.2) is 8.42 Å². The highest BCUT2D eigenvalue weighted by Gasteiger charge is 2.53. The highest BCUT2D eigenvalue weighted by atomic mass is 32.2. The van der Waals surface area contributed by atoms with E-state index in [-0.39, 0.29) is 10.8 Å². The van der Waals surface area contributed by atoms with Crippen molar-refractivity contribution in [2.45, 2.75) is 37.5 Å². The van der Waals surface area contributed by atoms with Gasteiger partial charge in [-0.1, -0.05) is 0 Å². The lowest BCUT2D eigenvalue weighted by Crippen LogP contribution is -2.70. The molecule has 0 aromatic heterocycles. The maximum absolute atomic E-state index is 11.7. The van der Waals surface area contributed by atoms with Crippen LogP contribution in [0.5, 0.6) is 0 Å². The molecule has 0 amide bonds. The molecule has 0 radical (unpaired) electrons. The van der Waals surface area contributed by atoms with Gasteiger partial charge in [0.1, 0.15) is 0 Å². The molecule has 2 aliphatic rings.